The molecule has 2 N–H and O–H groups in total. The third-order valence-corrected chi connectivity index (χ3v) is 4.08. The van der Waals surface area contributed by atoms with Crippen LogP contribution in [0.3, 0.4) is 0 Å². The minimum atomic E-state index is -0.761. The summed E-state index contributed by atoms with van der Waals surface area (Å²) in [6.07, 6.45) is 0.967. The zero-order valence-corrected chi connectivity index (χ0v) is 15.5. The van der Waals surface area contributed by atoms with E-state index in [4.69, 9.17) is 4.74 Å². The van der Waals surface area contributed by atoms with Gasteiger partial charge in [-0.15, -0.1) is 0 Å². The molecule has 144 valence electrons. The second-order valence-electron chi connectivity index (χ2n) is 6.28. The fourth-order valence-corrected chi connectivity index (χ4v) is 2.56. The summed E-state index contributed by atoms with van der Waals surface area (Å²) < 4.78 is 6.83. The van der Waals surface area contributed by atoms with Crippen molar-refractivity contribution in [3.63, 3.8) is 0 Å². The predicted molar refractivity (Wildman–Crippen MR) is 106 cm³/mol. The van der Waals surface area contributed by atoms with Crippen LogP contribution in [0.25, 0.3) is 0 Å². The highest BCUT2D eigenvalue weighted by Gasteiger charge is 2.18. The molecule has 7 heteroatoms. The highest BCUT2D eigenvalue weighted by molar-refractivity contribution is 5.95. The van der Waals surface area contributed by atoms with Crippen molar-refractivity contribution in [2.45, 2.75) is 26.1 Å². The average molecular weight is 378 g/mol. The number of anilines is 1. The van der Waals surface area contributed by atoms with E-state index in [1.807, 2.05) is 60.7 Å². The first-order valence-corrected chi connectivity index (χ1v) is 8.95. The van der Waals surface area contributed by atoms with Gasteiger partial charge in [0.15, 0.2) is 0 Å². The molecular formula is C21H22N4O3. The van der Waals surface area contributed by atoms with Crippen molar-refractivity contribution in [1.29, 1.82) is 0 Å². The molecule has 0 saturated heterocycles. The molecule has 0 radical (unpaired) electrons. The van der Waals surface area contributed by atoms with Gasteiger partial charge in [0.05, 0.1) is 12.7 Å². The first-order valence-electron chi connectivity index (χ1n) is 8.95. The van der Waals surface area contributed by atoms with Gasteiger partial charge in [0.2, 0.25) is 5.91 Å². The number of carbonyl (C=O) groups is 2. The fraction of sp³-hybridized carbons (Fsp3) is 0.190. The maximum atomic E-state index is 12.4. The van der Waals surface area contributed by atoms with Crippen molar-refractivity contribution in [1.82, 2.24) is 15.1 Å². The normalized spacial score (nSPS) is 11.5. The van der Waals surface area contributed by atoms with Crippen LogP contribution in [0, 0.1) is 0 Å². The number of carbonyl (C=O) groups excluding carboxylic acids is 2. The minimum Gasteiger partial charge on any atom is -0.445 e. The van der Waals surface area contributed by atoms with Gasteiger partial charge in [-0.3, -0.25) is 4.79 Å². The number of amides is 2. The molecule has 28 heavy (non-hydrogen) atoms. The molecule has 1 heterocycles. The molecule has 0 aliphatic carbocycles. The van der Waals surface area contributed by atoms with Crippen molar-refractivity contribution in [2.75, 3.05) is 5.32 Å². The average Bonchev–Trinajstić information content (AvgIpc) is 3.14. The smallest absolute Gasteiger partial charge is 0.408 e. The number of benzene rings is 2. The van der Waals surface area contributed by atoms with Crippen LogP contribution < -0.4 is 10.6 Å². The second-order valence-corrected chi connectivity index (χ2v) is 6.28. The van der Waals surface area contributed by atoms with Gasteiger partial charge in [-0.2, -0.15) is 5.10 Å². The lowest BCUT2D eigenvalue weighted by Crippen LogP contribution is -2.42. The molecule has 0 saturated carbocycles. The van der Waals surface area contributed by atoms with Gasteiger partial charge >= 0.3 is 6.09 Å². The molecule has 2 aromatic carbocycles. The van der Waals surface area contributed by atoms with E-state index in [0.717, 1.165) is 11.1 Å². The van der Waals surface area contributed by atoms with E-state index in [2.05, 4.69) is 15.7 Å². The van der Waals surface area contributed by atoms with Crippen molar-refractivity contribution in [3.05, 3.63) is 84.1 Å². The molecule has 1 aromatic heterocycles. The summed E-state index contributed by atoms with van der Waals surface area (Å²) in [6.45, 7) is 2.27. The van der Waals surface area contributed by atoms with Gasteiger partial charge in [0, 0.05) is 6.07 Å². The van der Waals surface area contributed by atoms with Crippen LogP contribution in [-0.4, -0.2) is 27.8 Å². The predicted octanol–water partition coefficient (Wildman–Crippen LogP) is 3.18. The molecule has 0 aliphatic rings. The Hall–Kier alpha value is -3.61. The van der Waals surface area contributed by atoms with Gasteiger partial charge in [-0.05, 0) is 18.1 Å². The van der Waals surface area contributed by atoms with Crippen LogP contribution in [0.2, 0.25) is 0 Å². The zero-order valence-electron chi connectivity index (χ0n) is 15.5. The Morgan fingerprint density at radius 3 is 2.32 bits per heavy atom. The van der Waals surface area contributed by atoms with Crippen molar-refractivity contribution < 1.29 is 14.3 Å². The van der Waals surface area contributed by atoms with Crippen LogP contribution in [0.1, 0.15) is 18.1 Å². The van der Waals surface area contributed by atoms with E-state index in [1.54, 1.807) is 23.9 Å². The molecule has 1 atom stereocenters. The third kappa shape index (κ3) is 5.44. The largest absolute Gasteiger partial charge is 0.445 e. The highest BCUT2D eigenvalue weighted by atomic mass is 16.5. The summed E-state index contributed by atoms with van der Waals surface area (Å²) >= 11 is 0. The van der Waals surface area contributed by atoms with E-state index >= 15 is 0 Å². The molecule has 0 bridgehead atoms. The maximum absolute atomic E-state index is 12.4. The summed E-state index contributed by atoms with van der Waals surface area (Å²) in [5, 5.41) is 9.55. The lowest BCUT2D eigenvalue weighted by atomic mass is 10.2. The Morgan fingerprint density at radius 1 is 1.00 bits per heavy atom. The molecule has 3 rings (SSSR count). The monoisotopic (exact) mass is 378 g/mol. The van der Waals surface area contributed by atoms with Crippen LogP contribution in [0.5, 0.6) is 0 Å². The fourth-order valence-electron chi connectivity index (χ4n) is 2.56. The van der Waals surface area contributed by atoms with E-state index in [1.165, 1.54) is 0 Å². The minimum absolute atomic E-state index is 0.144. The van der Waals surface area contributed by atoms with Gasteiger partial charge in [-0.1, -0.05) is 60.7 Å². The van der Waals surface area contributed by atoms with Crippen LogP contribution in [0.15, 0.2) is 72.9 Å². The Bertz CT molecular complexity index is 910. The van der Waals surface area contributed by atoms with E-state index in [0.29, 0.717) is 12.4 Å². The Balaban J connectivity index is 1.50. The number of aromatic nitrogens is 2. The molecule has 0 aliphatic heterocycles. The summed E-state index contributed by atoms with van der Waals surface area (Å²) in [7, 11) is 0. The van der Waals surface area contributed by atoms with E-state index < -0.39 is 12.1 Å². The molecule has 7 nitrogen and oxygen atoms in total. The first kappa shape index (κ1) is 19.2. The number of nitrogens with zero attached hydrogens (tertiary/aromatic N) is 2. The number of hydrogen-bond acceptors (Lipinski definition) is 4. The highest BCUT2D eigenvalue weighted by Crippen LogP contribution is 2.10. The lowest BCUT2D eigenvalue weighted by molar-refractivity contribution is -0.117. The standard InChI is InChI=1S/C21H22N4O3/c1-16(23-21(27)28-15-18-10-6-3-7-11-18)20(26)24-19-12-13-22-25(19)14-17-8-4-2-5-9-17/h2-13,16H,14-15H2,1H3,(H,23,27)(H,24,26). The number of hydrogen-bond donors (Lipinski definition) is 2. The summed E-state index contributed by atoms with van der Waals surface area (Å²) in [5.74, 6) is 0.201. The van der Waals surface area contributed by atoms with Crippen LogP contribution in [0.4, 0.5) is 10.6 Å². The SMILES string of the molecule is CC(NC(=O)OCc1ccccc1)C(=O)Nc1ccnn1Cc1ccccc1. The van der Waals surface area contributed by atoms with Gasteiger partial charge in [0.1, 0.15) is 18.5 Å². The van der Waals surface area contributed by atoms with Crippen molar-refractivity contribution in [2.24, 2.45) is 0 Å². The molecule has 1 unspecified atom stereocenters. The number of nitrogens with one attached hydrogen (secondary N) is 2. The Labute approximate surface area is 163 Å². The number of alkyl carbamates (subject to hydrolysis) is 1. The Morgan fingerprint density at radius 2 is 1.64 bits per heavy atom. The molecule has 2 amide bonds. The topological polar surface area (TPSA) is 85.2 Å². The van der Waals surface area contributed by atoms with Crippen LogP contribution in [-0.2, 0) is 22.7 Å². The van der Waals surface area contributed by atoms with Crippen molar-refractivity contribution >= 4 is 17.8 Å². The van der Waals surface area contributed by atoms with E-state index in [-0.39, 0.29) is 12.5 Å². The number of ether oxygens (including phenoxy) is 1. The molecule has 0 spiro atoms. The quantitative estimate of drug-likeness (QED) is 0.661. The van der Waals surface area contributed by atoms with Gasteiger partial charge in [0.25, 0.3) is 0 Å². The Kier molecular flexibility index (Phi) is 6.41. The van der Waals surface area contributed by atoms with Gasteiger partial charge < -0.3 is 15.4 Å². The second kappa shape index (κ2) is 9.36. The number of rotatable bonds is 7. The summed E-state index contributed by atoms with van der Waals surface area (Å²) in [6, 6.07) is 20.1. The van der Waals surface area contributed by atoms with Crippen LogP contribution >= 0.6 is 0 Å². The van der Waals surface area contributed by atoms with E-state index in [9.17, 15) is 9.59 Å². The van der Waals surface area contributed by atoms with Crippen molar-refractivity contribution in [3.8, 4) is 0 Å². The molecule has 3 aromatic rings. The summed E-state index contributed by atoms with van der Waals surface area (Å²) in [4.78, 5) is 24.3. The summed E-state index contributed by atoms with van der Waals surface area (Å²) in [5.41, 5.74) is 1.94. The zero-order chi connectivity index (χ0) is 19.8. The molecular weight excluding hydrogens is 356 g/mol. The third-order valence-electron chi connectivity index (χ3n) is 4.08. The maximum Gasteiger partial charge on any atom is 0.408 e. The first-order chi connectivity index (χ1) is 13.6. The van der Waals surface area contributed by atoms with Gasteiger partial charge in [-0.25, -0.2) is 9.48 Å². The lowest BCUT2D eigenvalue weighted by Gasteiger charge is -2.15. The molecule has 0 fully saturated rings.